The van der Waals surface area contributed by atoms with Crippen molar-refractivity contribution in [3.05, 3.63) is 29.0 Å². The number of rotatable bonds is 6. The number of hydrogen-bond donors (Lipinski definition) is 1. The van der Waals surface area contributed by atoms with Crippen molar-refractivity contribution in [2.24, 2.45) is 5.92 Å². The Morgan fingerprint density at radius 3 is 2.73 bits per heavy atom. The second-order valence-corrected chi connectivity index (χ2v) is 5.93. The number of halogens is 2. The summed E-state index contributed by atoms with van der Waals surface area (Å²) in [5, 5.41) is 2.42. The summed E-state index contributed by atoms with van der Waals surface area (Å²) in [7, 11) is 0. The average molecular weight is 328 g/mol. The maximum absolute atomic E-state index is 13.0. The molecule has 0 aliphatic heterocycles. The van der Waals surface area contributed by atoms with Crippen LogP contribution < -0.4 is 5.32 Å². The molecule has 0 spiro atoms. The van der Waals surface area contributed by atoms with E-state index in [0.717, 1.165) is 12.5 Å². The number of ether oxygens (including phenoxy) is 1. The maximum atomic E-state index is 13.0. The van der Waals surface area contributed by atoms with Gasteiger partial charge in [0, 0.05) is 12.1 Å². The Kier molecular flexibility index (Phi) is 6.19. The number of amides is 1. The smallest absolute Gasteiger partial charge is 0.306 e. The molecule has 2 rings (SSSR count). The highest BCUT2D eigenvalue weighted by molar-refractivity contribution is 6.31. The molecule has 1 aromatic rings. The monoisotopic (exact) mass is 327 g/mol. The molecule has 0 unspecified atom stereocenters. The predicted octanol–water partition coefficient (Wildman–Crippen LogP) is 3.93. The van der Waals surface area contributed by atoms with Crippen molar-refractivity contribution in [1.29, 1.82) is 0 Å². The Hall–Kier alpha value is -1.62. The van der Waals surface area contributed by atoms with E-state index >= 15 is 0 Å². The number of hydrogen-bond acceptors (Lipinski definition) is 3. The van der Waals surface area contributed by atoms with Crippen LogP contribution in [-0.2, 0) is 14.3 Å². The van der Waals surface area contributed by atoms with Gasteiger partial charge >= 0.3 is 5.97 Å². The highest BCUT2D eigenvalue weighted by Crippen LogP contribution is 2.28. The highest BCUT2D eigenvalue weighted by atomic mass is 35.5. The number of esters is 1. The number of carbonyl (C=O) groups is 2. The molecular formula is C16H19ClFNO3. The van der Waals surface area contributed by atoms with Crippen LogP contribution in [0.25, 0.3) is 0 Å². The Balaban J connectivity index is 1.68. The lowest BCUT2D eigenvalue weighted by molar-refractivity contribution is -0.147. The van der Waals surface area contributed by atoms with E-state index in [9.17, 15) is 14.0 Å². The molecule has 1 aromatic carbocycles. The summed E-state index contributed by atoms with van der Waals surface area (Å²) in [4.78, 5) is 23.2. The molecule has 0 saturated heterocycles. The zero-order chi connectivity index (χ0) is 15.9. The molecule has 1 aliphatic rings. The minimum atomic E-state index is -0.557. The average Bonchev–Trinajstić information content (AvgIpc) is 3.00. The first-order valence-corrected chi connectivity index (χ1v) is 7.83. The van der Waals surface area contributed by atoms with Gasteiger partial charge in [0.05, 0.1) is 5.02 Å². The van der Waals surface area contributed by atoms with Crippen molar-refractivity contribution >= 4 is 29.2 Å². The zero-order valence-corrected chi connectivity index (χ0v) is 13.0. The van der Waals surface area contributed by atoms with Crippen LogP contribution in [0.1, 0.15) is 38.5 Å². The third kappa shape index (κ3) is 5.30. The number of nitrogens with one attached hydrogen (secondary N) is 1. The summed E-state index contributed by atoms with van der Waals surface area (Å²) in [6.07, 6.45) is 6.01. The molecule has 120 valence electrons. The fraction of sp³-hybridized carbons (Fsp3) is 0.500. The van der Waals surface area contributed by atoms with Crippen molar-refractivity contribution < 1.29 is 18.7 Å². The molecule has 22 heavy (non-hydrogen) atoms. The van der Waals surface area contributed by atoms with Gasteiger partial charge in [0.1, 0.15) is 5.82 Å². The second kappa shape index (κ2) is 8.13. The van der Waals surface area contributed by atoms with Gasteiger partial charge < -0.3 is 10.1 Å². The molecule has 1 fully saturated rings. The standard InChI is InChI=1S/C16H19ClFNO3/c17-13-9-12(6-7-14(13)18)19-15(20)10-22-16(21)8-5-11-3-1-2-4-11/h6-7,9,11H,1-5,8,10H2,(H,19,20). The maximum Gasteiger partial charge on any atom is 0.306 e. The van der Waals surface area contributed by atoms with Crippen LogP contribution in [0.2, 0.25) is 5.02 Å². The van der Waals surface area contributed by atoms with Gasteiger partial charge in [-0.3, -0.25) is 9.59 Å². The fourth-order valence-corrected chi connectivity index (χ4v) is 2.79. The van der Waals surface area contributed by atoms with E-state index in [1.54, 1.807) is 0 Å². The predicted molar refractivity (Wildman–Crippen MR) is 82.2 cm³/mol. The molecule has 0 heterocycles. The minimum absolute atomic E-state index is 0.0774. The molecule has 1 amide bonds. The molecule has 0 atom stereocenters. The van der Waals surface area contributed by atoms with Gasteiger partial charge in [-0.15, -0.1) is 0 Å². The first-order chi connectivity index (χ1) is 10.5. The number of carbonyl (C=O) groups excluding carboxylic acids is 2. The van der Waals surface area contributed by atoms with Gasteiger partial charge in [0.25, 0.3) is 5.91 Å². The van der Waals surface area contributed by atoms with Gasteiger partial charge in [-0.1, -0.05) is 37.3 Å². The summed E-state index contributed by atoms with van der Waals surface area (Å²) in [6.45, 7) is -0.349. The Morgan fingerprint density at radius 1 is 1.32 bits per heavy atom. The lowest BCUT2D eigenvalue weighted by atomic mass is 10.0. The van der Waals surface area contributed by atoms with E-state index in [2.05, 4.69) is 5.32 Å². The van der Waals surface area contributed by atoms with Gasteiger partial charge in [-0.25, -0.2) is 4.39 Å². The SMILES string of the molecule is O=C(COC(=O)CCC1CCCC1)Nc1ccc(F)c(Cl)c1. The van der Waals surface area contributed by atoms with Crippen LogP contribution in [0.4, 0.5) is 10.1 Å². The largest absolute Gasteiger partial charge is 0.456 e. The van der Waals surface area contributed by atoms with E-state index in [-0.39, 0.29) is 17.6 Å². The van der Waals surface area contributed by atoms with Crippen molar-refractivity contribution in [1.82, 2.24) is 0 Å². The molecule has 0 radical (unpaired) electrons. The Bertz CT molecular complexity index is 544. The first kappa shape index (κ1) is 16.7. The topological polar surface area (TPSA) is 55.4 Å². The summed E-state index contributed by atoms with van der Waals surface area (Å²) >= 11 is 5.62. The third-order valence-corrected chi connectivity index (χ3v) is 4.09. The summed E-state index contributed by atoms with van der Waals surface area (Å²) in [5.41, 5.74) is 0.360. The summed E-state index contributed by atoms with van der Waals surface area (Å²) in [6, 6.07) is 3.85. The molecule has 0 aromatic heterocycles. The highest BCUT2D eigenvalue weighted by Gasteiger charge is 2.17. The number of benzene rings is 1. The molecule has 1 N–H and O–H groups in total. The number of anilines is 1. The molecule has 4 nitrogen and oxygen atoms in total. The van der Waals surface area contributed by atoms with Crippen molar-refractivity contribution in [2.75, 3.05) is 11.9 Å². The first-order valence-electron chi connectivity index (χ1n) is 7.45. The van der Waals surface area contributed by atoms with Gasteiger partial charge in [0.15, 0.2) is 6.61 Å². The Labute approximate surface area is 134 Å². The molecule has 1 saturated carbocycles. The van der Waals surface area contributed by atoms with Gasteiger partial charge in [0.2, 0.25) is 0 Å². The van der Waals surface area contributed by atoms with E-state index in [1.807, 2.05) is 0 Å². The van der Waals surface area contributed by atoms with Gasteiger partial charge in [-0.05, 0) is 30.5 Å². The lowest BCUT2D eigenvalue weighted by Crippen LogP contribution is -2.21. The molecular weight excluding hydrogens is 309 g/mol. The van der Waals surface area contributed by atoms with Crippen LogP contribution in [0.15, 0.2) is 18.2 Å². The van der Waals surface area contributed by atoms with Crippen LogP contribution in [0.3, 0.4) is 0 Å². The molecule has 1 aliphatic carbocycles. The van der Waals surface area contributed by atoms with Gasteiger partial charge in [-0.2, -0.15) is 0 Å². The van der Waals surface area contributed by atoms with E-state index in [4.69, 9.17) is 16.3 Å². The lowest BCUT2D eigenvalue weighted by Gasteiger charge is -2.09. The second-order valence-electron chi connectivity index (χ2n) is 5.53. The van der Waals surface area contributed by atoms with Crippen LogP contribution in [0, 0.1) is 11.7 Å². The van der Waals surface area contributed by atoms with Crippen molar-refractivity contribution in [3.63, 3.8) is 0 Å². The van der Waals surface area contributed by atoms with Crippen LogP contribution in [0.5, 0.6) is 0 Å². The fourth-order valence-electron chi connectivity index (χ4n) is 2.61. The van der Waals surface area contributed by atoms with Crippen molar-refractivity contribution in [2.45, 2.75) is 38.5 Å². The summed E-state index contributed by atoms with van der Waals surface area (Å²) in [5.74, 6) is -0.781. The van der Waals surface area contributed by atoms with Crippen LogP contribution in [-0.4, -0.2) is 18.5 Å². The van der Waals surface area contributed by atoms with E-state index in [0.29, 0.717) is 18.0 Å². The zero-order valence-electron chi connectivity index (χ0n) is 12.2. The third-order valence-electron chi connectivity index (χ3n) is 3.80. The van der Waals surface area contributed by atoms with Crippen molar-refractivity contribution in [3.8, 4) is 0 Å². The molecule has 0 bridgehead atoms. The summed E-state index contributed by atoms with van der Waals surface area (Å²) < 4.78 is 17.9. The molecule has 6 heteroatoms. The Morgan fingerprint density at radius 2 is 2.05 bits per heavy atom. The minimum Gasteiger partial charge on any atom is -0.456 e. The quantitative estimate of drug-likeness (QED) is 0.805. The van der Waals surface area contributed by atoms with Crippen LogP contribution >= 0.6 is 11.6 Å². The van der Waals surface area contributed by atoms with E-state index < -0.39 is 11.7 Å². The normalized spacial score (nSPS) is 14.8. The van der Waals surface area contributed by atoms with E-state index in [1.165, 1.54) is 37.8 Å².